The molecule has 0 spiro atoms. The third kappa shape index (κ3) is 3.74. The van der Waals surface area contributed by atoms with Crippen molar-refractivity contribution in [3.05, 3.63) is 47.5 Å². The van der Waals surface area contributed by atoms with Gasteiger partial charge in [0.25, 0.3) is 0 Å². The zero-order valence-corrected chi connectivity index (χ0v) is 14.5. The molecule has 1 saturated carbocycles. The number of aliphatic hydroxyl groups excluding tert-OH is 1. The van der Waals surface area contributed by atoms with Crippen LogP contribution >= 0.6 is 0 Å². The van der Waals surface area contributed by atoms with Gasteiger partial charge >= 0.3 is 0 Å². The van der Waals surface area contributed by atoms with E-state index in [2.05, 4.69) is 46.6 Å². The van der Waals surface area contributed by atoms with Crippen LogP contribution in [0.3, 0.4) is 0 Å². The van der Waals surface area contributed by atoms with Crippen LogP contribution in [0.4, 0.5) is 0 Å². The van der Waals surface area contributed by atoms with E-state index >= 15 is 0 Å². The average Bonchev–Trinajstić information content (AvgIpc) is 3.21. The van der Waals surface area contributed by atoms with Gasteiger partial charge in [-0.2, -0.15) is 0 Å². The molecule has 1 aromatic carbocycles. The van der Waals surface area contributed by atoms with Crippen molar-refractivity contribution in [1.29, 1.82) is 0 Å². The summed E-state index contributed by atoms with van der Waals surface area (Å²) in [6.45, 7) is 5.17. The molecule has 3 heteroatoms. The van der Waals surface area contributed by atoms with Gasteiger partial charge in [0.2, 0.25) is 0 Å². The van der Waals surface area contributed by atoms with Crippen molar-refractivity contribution < 1.29 is 5.11 Å². The quantitative estimate of drug-likeness (QED) is 0.789. The first-order valence-corrected chi connectivity index (χ1v) is 9.64. The van der Waals surface area contributed by atoms with E-state index in [0.29, 0.717) is 0 Å². The van der Waals surface area contributed by atoms with E-state index in [9.17, 15) is 5.11 Å². The summed E-state index contributed by atoms with van der Waals surface area (Å²) in [7, 11) is 0. The Bertz CT molecular complexity index is 577. The number of aliphatic hydroxyl groups is 1. The molecule has 3 nitrogen and oxygen atoms in total. The van der Waals surface area contributed by atoms with E-state index in [-0.39, 0.29) is 6.10 Å². The Balaban J connectivity index is 1.29. The van der Waals surface area contributed by atoms with Gasteiger partial charge in [-0.1, -0.05) is 36.4 Å². The van der Waals surface area contributed by atoms with Crippen molar-refractivity contribution in [2.24, 2.45) is 17.8 Å². The smallest absolute Gasteiger partial charge is 0.0564 e. The maximum Gasteiger partial charge on any atom is 0.0564 e. The van der Waals surface area contributed by atoms with Crippen molar-refractivity contribution in [3.63, 3.8) is 0 Å². The maximum atomic E-state index is 9.67. The van der Waals surface area contributed by atoms with Gasteiger partial charge in [-0.25, -0.2) is 0 Å². The summed E-state index contributed by atoms with van der Waals surface area (Å²) in [5.41, 5.74) is 2.87. The van der Waals surface area contributed by atoms with Crippen LogP contribution in [0.2, 0.25) is 0 Å². The van der Waals surface area contributed by atoms with Gasteiger partial charge in [-0.3, -0.25) is 4.90 Å². The molecular formula is C21H30N2O. The fourth-order valence-corrected chi connectivity index (χ4v) is 4.72. The zero-order valence-electron chi connectivity index (χ0n) is 14.5. The summed E-state index contributed by atoms with van der Waals surface area (Å²) in [6.07, 6.45) is 9.38. The summed E-state index contributed by atoms with van der Waals surface area (Å²) in [5, 5.41) is 13.4. The van der Waals surface area contributed by atoms with Crippen LogP contribution < -0.4 is 5.32 Å². The van der Waals surface area contributed by atoms with E-state index in [1.807, 2.05) is 0 Å². The van der Waals surface area contributed by atoms with Crippen molar-refractivity contribution in [3.8, 4) is 0 Å². The standard InChI is InChI=1S/C21H30N2O/c24-21-7-9-23(10-8-21)15-19-4-2-1-3-18(19)13-22-14-20-12-16-5-6-17(20)11-16/h1-6,16-17,20-22,24H,7-15H2. The van der Waals surface area contributed by atoms with Gasteiger partial charge in [-0.05, 0) is 61.1 Å². The van der Waals surface area contributed by atoms with Gasteiger partial charge in [0.05, 0.1) is 6.10 Å². The van der Waals surface area contributed by atoms with Gasteiger partial charge in [-0.15, -0.1) is 0 Å². The molecule has 1 aromatic rings. The van der Waals surface area contributed by atoms with Crippen molar-refractivity contribution in [2.45, 2.75) is 44.9 Å². The first kappa shape index (κ1) is 16.3. The van der Waals surface area contributed by atoms with Crippen LogP contribution in [-0.2, 0) is 13.1 Å². The van der Waals surface area contributed by atoms with Crippen LogP contribution in [0.1, 0.15) is 36.8 Å². The van der Waals surface area contributed by atoms with Crippen molar-refractivity contribution >= 4 is 0 Å². The molecule has 130 valence electrons. The number of fused-ring (bicyclic) bond motifs is 2. The van der Waals surface area contributed by atoms with Crippen molar-refractivity contribution in [1.82, 2.24) is 10.2 Å². The molecule has 3 aliphatic rings. The van der Waals surface area contributed by atoms with E-state index in [4.69, 9.17) is 0 Å². The molecule has 24 heavy (non-hydrogen) atoms. The summed E-state index contributed by atoms with van der Waals surface area (Å²) in [5.74, 6) is 2.54. The van der Waals surface area contributed by atoms with E-state index in [1.54, 1.807) is 0 Å². The summed E-state index contributed by atoms with van der Waals surface area (Å²) in [6, 6.07) is 8.84. The highest BCUT2D eigenvalue weighted by Gasteiger charge is 2.34. The molecule has 3 atom stereocenters. The minimum Gasteiger partial charge on any atom is -0.393 e. The number of benzene rings is 1. The number of nitrogens with one attached hydrogen (secondary N) is 1. The number of allylic oxidation sites excluding steroid dienone is 2. The maximum absolute atomic E-state index is 9.67. The van der Waals surface area contributed by atoms with E-state index in [0.717, 1.165) is 63.3 Å². The monoisotopic (exact) mass is 326 g/mol. The molecule has 0 radical (unpaired) electrons. The van der Waals surface area contributed by atoms with Crippen LogP contribution in [0.5, 0.6) is 0 Å². The lowest BCUT2D eigenvalue weighted by molar-refractivity contribution is 0.0791. The van der Waals surface area contributed by atoms with Gasteiger partial charge < -0.3 is 10.4 Å². The van der Waals surface area contributed by atoms with E-state index < -0.39 is 0 Å². The molecule has 4 rings (SSSR count). The van der Waals surface area contributed by atoms with Crippen molar-refractivity contribution in [2.75, 3.05) is 19.6 Å². The fourth-order valence-electron chi connectivity index (χ4n) is 4.72. The SMILES string of the molecule is OC1CCN(Cc2ccccc2CNCC2CC3C=CC2C3)CC1. The minimum absolute atomic E-state index is 0.0889. The molecule has 2 aliphatic carbocycles. The number of hydrogen-bond acceptors (Lipinski definition) is 3. The number of hydrogen-bond donors (Lipinski definition) is 2. The number of likely N-dealkylation sites (tertiary alicyclic amines) is 1. The van der Waals surface area contributed by atoms with Crippen LogP contribution in [0, 0.1) is 17.8 Å². The second kappa shape index (κ2) is 7.38. The first-order valence-electron chi connectivity index (χ1n) is 9.64. The molecule has 3 unspecified atom stereocenters. The molecule has 2 fully saturated rings. The number of nitrogens with zero attached hydrogens (tertiary/aromatic N) is 1. The Kier molecular flexibility index (Phi) is 5.02. The zero-order chi connectivity index (χ0) is 16.4. The Labute approximate surface area is 145 Å². The Hall–Kier alpha value is -1.16. The minimum atomic E-state index is -0.0889. The highest BCUT2D eigenvalue weighted by atomic mass is 16.3. The molecule has 2 N–H and O–H groups in total. The third-order valence-corrected chi connectivity index (χ3v) is 6.21. The predicted molar refractivity (Wildman–Crippen MR) is 97.5 cm³/mol. The molecule has 0 amide bonds. The first-order chi connectivity index (χ1) is 11.8. The topological polar surface area (TPSA) is 35.5 Å². The van der Waals surface area contributed by atoms with Crippen LogP contribution in [-0.4, -0.2) is 35.7 Å². The van der Waals surface area contributed by atoms with Crippen LogP contribution in [0.25, 0.3) is 0 Å². The summed E-state index contributed by atoms with van der Waals surface area (Å²) >= 11 is 0. The molecule has 1 heterocycles. The highest BCUT2D eigenvalue weighted by molar-refractivity contribution is 5.27. The number of rotatable bonds is 6. The third-order valence-electron chi connectivity index (χ3n) is 6.21. The number of piperidine rings is 1. The molecule has 0 aromatic heterocycles. The second-order valence-corrected chi connectivity index (χ2v) is 7.95. The molecule has 1 saturated heterocycles. The normalized spacial score (nSPS) is 30.3. The summed E-state index contributed by atoms with van der Waals surface area (Å²) in [4.78, 5) is 2.48. The lowest BCUT2D eigenvalue weighted by Gasteiger charge is -2.30. The van der Waals surface area contributed by atoms with E-state index in [1.165, 1.54) is 24.0 Å². The molecule has 2 bridgehead atoms. The van der Waals surface area contributed by atoms with Gasteiger partial charge in [0.1, 0.15) is 0 Å². The molecular weight excluding hydrogens is 296 g/mol. The largest absolute Gasteiger partial charge is 0.393 e. The lowest BCUT2D eigenvalue weighted by Crippen LogP contribution is -2.35. The predicted octanol–water partition coefficient (Wildman–Crippen LogP) is 2.95. The Morgan fingerprint density at radius 1 is 1.04 bits per heavy atom. The molecule has 1 aliphatic heterocycles. The van der Waals surface area contributed by atoms with Gasteiger partial charge in [0, 0.05) is 26.2 Å². The fraction of sp³-hybridized carbons (Fsp3) is 0.619. The average molecular weight is 326 g/mol. The highest BCUT2D eigenvalue weighted by Crippen LogP contribution is 2.42. The summed E-state index contributed by atoms with van der Waals surface area (Å²) < 4.78 is 0. The lowest BCUT2D eigenvalue weighted by atomic mass is 9.93. The Morgan fingerprint density at radius 3 is 2.54 bits per heavy atom. The van der Waals surface area contributed by atoms with Gasteiger partial charge in [0.15, 0.2) is 0 Å². The van der Waals surface area contributed by atoms with Crippen LogP contribution in [0.15, 0.2) is 36.4 Å². The Morgan fingerprint density at radius 2 is 1.83 bits per heavy atom. The second-order valence-electron chi connectivity index (χ2n) is 7.95.